The summed E-state index contributed by atoms with van der Waals surface area (Å²) in [6.45, 7) is 0. The molecule has 7 heteroatoms. The SMILES string of the molecule is NC(=O)c1cc(C(F)F)[nH]c(=O)c1Br. The van der Waals surface area contributed by atoms with E-state index in [0.29, 0.717) is 0 Å². The molecule has 0 saturated heterocycles. The summed E-state index contributed by atoms with van der Waals surface area (Å²) in [4.78, 5) is 23.7. The molecule has 0 aliphatic carbocycles. The van der Waals surface area contributed by atoms with Crippen molar-refractivity contribution in [1.82, 2.24) is 4.98 Å². The normalized spacial score (nSPS) is 10.6. The molecule has 0 radical (unpaired) electrons. The molecule has 0 aliphatic heterocycles. The number of primary amides is 1. The van der Waals surface area contributed by atoms with Crippen LogP contribution in [0.25, 0.3) is 0 Å². The highest BCUT2D eigenvalue weighted by Gasteiger charge is 2.16. The standard InChI is InChI=1S/C7H5BrF2N2O2/c8-4-2(6(11)13)1-3(5(9)10)12-7(4)14/h1,5H,(H2,11,13)(H,12,14). The molecule has 1 heterocycles. The zero-order valence-corrected chi connectivity index (χ0v) is 8.27. The van der Waals surface area contributed by atoms with Gasteiger partial charge in [0.15, 0.2) is 0 Å². The molecule has 4 nitrogen and oxygen atoms in total. The van der Waals surface area contributed by atoms with Crippen LogP contribution in [0.4, 0.5) is 8.78 Å². The first-order valence-corrected chi connectivity index (χ1v) is 4.23. The summed E-state index contributed by atoms with van der Waals surface area (Å²) in [5.74, 6) is -0.940. The number of nitrogens with two attached hydrogens (primary N) is 1. The number of amides is 1. The zero-order chi connectivity index (χ0) is 10.9. The number of pyridine rings is 1. The zero-order valence-electron chi connectivity index (χ0n) is 6.68. The van der Waals surface area contributed by atoms with Gasteiger partial charge in [0.25, 0.3) is 12.0 Å². The highest BCUT2D eigenvalue weighted by molar-refractivity contribution is 9.10. The predicted molar refractivity (Wildman–Crippen MR) is 48.2 cm³/mol. The highest BCUT2D eigenvalue weighted by atomic mass is 79.9. The fraction of sp³-hybridized carbons (Fsp3) is 0.143. The summed E-state index contributed by atoms with van der Waals surface area (Å²) >= 11 is 2.77. The topological polar surface area (TPSA) is 76.0 Å². The number of nitrogens with one attached hydrogen (secondary N) is 1. The van der Waals surface area contributed by atoms with E-state index in [2.05, 4.69) is 15.9 Å². The number of aromatic nitrogens is 1. The number of aromatic amines is 1. The van der Waals surface area contributed by atoms with Crippen molar-refractivity contribution in [3.63, 3.8) is 0 Å². The summed E-state index contributed by atoms with van der Waals surface area (Å²) in [5.41, 5.74) is 3.18. The van der Waals surface area contributed by atoms with Gasteiger partial charge in [0.05, 0.1) is 15.7 Å². The van der Waals surface area contributed by atoms with Gasteiger partial charge in [-0.05, 0) is 22.0 Å². The molecule has 0 aliphatic rings. The van der Waals surface area contributed by atoms with Crippen LogP contribution in [0, 0.1) is 0 Å². The first kappa shape index (κ1) is 10.8. The second-order valence-corrected chi connectivity index (χ2v) is 3.24. The Morgan fingerprint density at radius 3 is 2.57 bits per heavy atom. The van der Waals surface area contributed by atoms with Crippen LogP contribution < -0.4 is 11.3 Å². The Hall–Kier alpha value is -1.24. The molecule has 0 aromatic carbocycles. The third-order valence-electron chi connectivity index (χ3n) is 1.49. The van der Waals surface area contributed by atoms with E-state index in [1.165, 1.54) is 0 Å². The van der Waals surface area contributed by atoms with Crippen LogP contribution in [-0.2, 0) is 0 Å². The maximum Gasteiger partial charge on any atom is 0.278 e. The molecule has 0 fully saturated rings. The molecule has 0 bridgehead atoms. The third kappa shape index (κ3) is 1.98. The quantitative estimate of drug-likeness (QED) is 0.843. The van der Waals surface area contributed by atoms with Crippen LogP contribution in [0.1, 0.15) is 22.5 Å². The van der Waals surface area contributed by atoms with Gasteiger partial charge in [-0.25, -0.2) is 8.78 Å². The van der Waals surface area contributed by atoms with Gasteiger partial charge < -0.3 is 10.7 Å². The van der Waals surface area contributed by atoms with Crippen LogP contribution in [0.5, 0.6) is 0 Å². The van der Waals surface area contributed by atoms with Gasteiger partial charge in [0.1, 0.15) is 0 Å². The van der Waals surface area contributed by atoms with Crippen molar-refractivity contribution in [1.29, 1.82) is 0 Å². The van der Waals surface area contributed by atoms with E-state index >= 15 is 0 Å². The van der Waals surface area contributed by atoms with Gasteiger partial charge in [-0.3, -0.25) is 9.59 Å². The van der Waals surface area contributed by atoms with E-state index < -0.39 is 23.6 Å². The Labute approximate surface area is 85.2 Å². The lowest BCUT2D eigenvalue weighted by molar-refractivity contribution is 0.0998. The third-order valence-corrected chi connectivity index (χ3v) is 2.28. The van der Waals surface area contributed by atoms with Crippen molar-refractivity contribution in [2.75, 3.05) is 0 Å². The number of carbonyl (C=O) groups excluding carboxylic acids is 1. The Morgan fingerprint density at radius 1 is 1.57 bits per heavy atom. The minimum Gasteiger partial charge on any atom is -0.366 e. The number of carbonyl (C=O) groups is 1. The second kappa shape index (κ2) is 3.87. The smallest absolute Gasteiger partial charge is 0.278 e. The van der Waals surface area contributed by atoms with Crippen molar-refractivity contribution in [3.8, 4) is 0 Å². The molecule has 1 rings (SSSR count). The highest BCUT2D eigenvalue weighted by Crippen LogP contribution is 2.19. The number of hydrogen-bond donors (Lipinski definition) is 2. The molecule has 0 atom stereocenters. The molecule has 1 amide bonds. The second-order valence-electron chi connectivity index (χ2n) is 2.45. The molecule has 14 heavy (non-hydrogen) atoms. The predicted octanol–water partition coefficient (Wildman–Crippen LogP) is 1.17. The molecule has 0 spiro atoms. The lowest BCUT2D eigenvalue weighted by atomic mass is 10.2. The van der Waals surface area contributed by atoms with Crippen molar-refractivity contribution < 1.29 is 13.6 Å². The lowest BCUT2D eigenvalue weighted by Gasteiger charge is -2.03. The molecule has 3 N–H and O–H groups in total. The number of hydrogen-bond acceptors (Lipinski definition) is 2. The molecule has 1 aromatic rings. The fourth-order valence-electron chi connectivity index (χ4n) is 0.860. The van der Waals surface area contributed by atoms with Crippen LogP contribution in [-0.4, -0.2) is 10.9 Å². The monoisotopic (exact) mass is 266 g/mol. The van der Waals surface area contributed by atoms with Gasteiger partial charge in [-0.15, -0.1) is 0 Å². The summed E-state index contributed by atoms with van der Waals surface area (Å²) < 4.78 is 24.2. The van der Waals surface area contributed by atoms with Crippen molar-refractivity contribution in [2.45, 2.75) is 6.43 Å². The molecule has 76 valence electrons. The number of rotatable bonds is 2. The minimum absolute atomic E-state index is 0.144. The summed E-state index contributed by atoms with van der Waals surface area (Å²) in [5, 5.41) is 0. The average Bonchev–Trinajstić information content (AvgIpc) is 2.08. The van der Waals surface area contributed by atoms with Gasteiger partial charge in [0.2, 0.25) is 5.91 Å². The van der Waals surface area contributed by atoms with Gasteiger partial charge in [-0.2, -0.15) is 0 Å². The molecule has 0 saturated carbocycles. The lowest BCUT2D eigenvalue weighted by Crippen LogP contribution is -2.20. The maximum atomic E-state index is 12.2. The molecule has 1 aromatic heterocycles. The summed E-state index contributed by atoms with van der Waals surface area (Å²) in [6.07, 6.45) is -2.85. The fourth-order valence-corrected chi connectivity index (χ4v) is 1.27. The van der Waals surface area contributed by atoms with Crippen LogP contribution in [0.2, 0.25) is 0 Å². The summed E-state index contributed by atoms with van der Waals surface area (Å²) in [6, 6.07) is 0.846. The molecular weight excluding hydrogens is 262 g/mol. The maximum absolute atomic E-state index is 12.2. The average molecular weight is 267 g/mol. The first-order valence-electron chi connectivity index (χ1n) is 3.44. The van der Waals surface area contributed by atoms with E-state index in [1.807, 2.05) is 4.98 Å². The summed E-state index contributed by atoms with van der Waals surface area (Å²) in [7, 11) is 0. The van der Waals surface area contributed by atoms with Crippen molar-refractivity contribution >= 4 is 21.8 Å². The van der Waals surface area contributed by atoms with Gasteiger partial charge in [0, 0.05) is 0 Å². The first-order chi connectivity index (χ1) is 6.43. The number of H-pyrrole nitrogens is 1. The van der Waals surface area contributed by atoms with Crippen LogP contribution in [0.3, 0.4) is 0 Å². The Balaban J connectivity index is 3.43. The minimum atomic E-state index is -2.85. The van der Waals surface area contributed by atoms with Crippen molar-refractivity contribution in [3.05, 3.63) is 32.2 Å². The van der Waals surface area contributed by atoms with E-state index in [4.69, 9.17) is 5.73 Å². The van der Waals surface area contributed by atoms with Crippen LogP contribution in [0.15, 0.2) is 15.3 Å². The van der Waals surface area contributed by atoms with Crippen LogP contribution >= 0.6 is 15.9 Å². The largest absolute Gasteiger partial charge is 0.366 e. The molecular formula is C7H5BrF2N2O2. The van der Waals surface area contributed by atoms with E-state index in [0.717, 1.165) is 6.07 Å². The Kier molecular flexibility index (Phi) is 3.00. The van der Waals surface area contributed by atoms with Crippen molar-refractivity contribution in [2.24, 2.45) is 5.73 Å². The Bertz CT molecular complexity index is 430. The Morgan fingerprint density at radius 2 is 2.14 bits per heavy atom. The van der Waals surface area contributed by atoms with E-state index in [1.54, 1.807) is 0 Å². The van der Waals surface area contributed by atoms with E-state index in [9.17, 15) is 18.4 Å². The van der Waals surface area contributed by atoms with Gasteiger partial charge >= 0.3 is 0 Å². The van der Waals surface area contributed by atoms with Gasteiger partial charge in [-0.1, -0.05) is 0 Å². The number of alkyl halides is 2. The molecule has 0 unspecified atom stereocenters. The number of halogens is 3. The van der Waals surface area contributed by atoms with E-state index in [-0.39, 0.29) is 10.0 Å².